The summed E-state index contributed by atoms with van der Waals surface area (Å²) in [6.45, 7) is 0.607. The highest BCUT2D eigenvalue weighted by Gasteiger charge is 2.31. The Kier molecular flexibility index (Phi) is 4.16. The zero-order chi connectivity index (χ0) is 14.7. The number of benzene rings is 1. The van der Waals surface area contributed by atoms with Crippen LogP contribution in [0.15, 0.2) is 18.2 Å². The highest BCUT2D eigenvalue weighted by molar-refractivity contribution is 5.90. The van der Waals surface area contributed by atoms with Crippen LogP contribution in [0.25, 0.3) is 0 Å². The van der Waals surface area contributed by atoms with Crippen LogP contribution in [0.2, 0.25) is 0 Å². The number of hydrogen-bond acceptors (Lipinski definition) is 3. The molecule has 2 rings (SSSR count). The van der Waals surface area contributed by atoms with Crippen LogP contribution < -0.4 is 5.32 Å². The first-order chi connectivity index (χ1) is 9.51. The van der Waals surface area contributed by atoms with Gasteiger partial charge in [-0.2, -0.15) is 0 Å². The molecule has 0 bridgehead atoms. The number of amides is 2. The monoisotopic (exact) mass is 284 g/mol. The summed E-state index contributed by atoms with van der Waals surface area (Å²) in [6.07, 6.45) is 0.506. The lowest BCUT2D eigenvalue weighted by Gasteiger charge is -2.17. The largest absolute Gasteiger partial charge is 0.469 e. The number of likely N-dealkylation sites (tertiary alicyclic amines) is 1. The Morgan fingerprint density at radius 1 is 1.40 bits per heavy atom. The molecule has 0 spiro atoms. The fourth-order valence-electron chi connectivity index (χ4n) is 2.09. The van der Waals surface area contributed by atoms with Crippen molar-refractivity contribution >= 4 is 17.7 Å². The molecular weight excluding hydrogens is 270 g/mol. The van der Waals surface area contributed by atoms with E-state index in [1.165, 1.54) is 12.0 Å². The number of ether oxygens (including phenoxy) is 1. The maximum absolute atomic E-state index is 13.4. The molecule has 1 fully saturated rings. The Hall–Kier alpha value is -2.18. The van der Waals surface area contributed by atoms with Crippen LogP contribution >= 0.6 is 0 Å². The van der Waals surface area contributed by atoms with Gasteiger partial charge in [0.05, 0.1) is 18.7 Å². The number of hydrogen-bond donors (Lipinski definition) is 1. The van der Waals surface area contributed by atoms with Crippen LogP contribution in [0.4, 0.5) is 19.3 Å². The second-order valence-electron chi connectivity index (χ2n) is 4.51. The van der Waals surface area contributed by atoms with Crippen LogP contribution in [0.5, 0.6) is 0 Å². The van der Waals surface area contributed by atoms with Gasteiger partial charge in [-0.3, -0.25) is 4.79 Å². The fraction of sp³-hybridized carbons (Fsp3) is 0.385. The van der Waals surface area contributed by atoms with Crippen LogP contribution in [0.1, 0.15) is 6.42 Å². The van der Waals surface area contributed by atoms with E-state index in [-0.39, 0.29) is 24.1 Å². The van der Waals surface area contributed by atoms with Crippen LogP contribution in [-0.4, -0.2) is 37.1 Å². The van der Waals surface area contributed by atoms with Crippen LogP contribution in [0.3, 0.4) is 0 Å². The summed E-state index contributed by atoms with van der Waals surface area (Å²) >= 11 is 0. The minimum absolute atomic E-state index is 0.0991. The summed E-state index contributed by atoms with van der Waals surface area (Å²) in [5.41, 5.74) is -0.0991. The number of esters is 1. The van der Waals surface area contributed by atoms with E-state index in [0.717, 1.165) is 12.1 Å². The van der Waals surface area contributed by atoms with E-state index in [1.54, 1.807) is 0 Å². The molecule has 1 aromatic carbocycles. The Morgan fingerprint density at radius 2 is 2.15 bits per heavy atom. The van der Waals surface area contributed by atoms with E-state index in [0.29, 0.717) is 19.0 Å². The molecule has 0 aliphatic carbocycles. The third-order valence-electron chi connectivity index (χ3n) is 3.18. The number of rotatable bonds is 2. The van der Waals surface area contributed by atoms with Crippen LogP contribution in [0, 0.1) is 17.6 Å². The summed E-state index contributed by atoms with van der Waals surface area (Å²) in [5, 5.41) is 2.35. The second kappa shape index (κ2) is 5.85. The quantitative estimate of drug-likeness (QED) is 0.845. The van der Waals surface area contributed by atoms with Crippen molar-refractivity contribution in [1.29, 1.82) is 0 Å². The smallest absolute Gasteiger partial charge is 0.321 e. The summed E-state index contributed by atoms with van der Waals surface area (Å²) in [6, 6.07) is 2.37. The van der Waals surface area contributed by atoms with Crippen molar-refractivity contribution < 1.29 is 23.1 Å². The molecule has 1 heterocycles. The number of urea groups is 1. The Labute approximate surface area is 114 Å². The van der Waals surface area contributed by atoms with Crippen molar-refractivity contribution in [2.75, 3.05) is 25.5 Å². The first kappa shape index (κ1) is 14.2. The fourth-order valence-corrected chi connectivity index (χ4v) is 2.09. The van der Waals surface area contributed by atoms with Crippen molar-refractivity contribution in [3.05, 3.63) is 29.8 Å². The van der Waals surface area contributed by atoms with Gasteiger partial charge in [0.15, 0.2) is 0 Å². The zero-order valence-electron chi connectivity index (χ0n) is 10.9. The normalized spacial score (nSPS) is 17.9. The third-order valence-corrected chi connectivity index (χ3v) is 3.18. The third kappa shape index (κ3) is 3.04. The predicted octanol–water partition coefficient (Wildman–Crippen LogP) is 1.99. The van der Waals surface area contributed by atoms with Gasteiger partial charge in [-0.1, -0.05) is 0 Å². The number of anilines is 1. The maximum Gasteiger partial charge on any atom is 0.321 e. The highest BCUT2D eigenvalue weighted by Crippen LogP contribution is 2.20. The molecule has 1 saturated heterocycles. The summed E-state index contributed by atoms with van der Waals surface area (Å²) in [7, 11) is 1.29. The molecule has 1 aliphatic rings. The molecular formula is C13H14F2N2O3. The summed E-state index contributed by atoms with van der Waals surface area (Å²) < 4.78 is 30.8. The van der Waals surface area contributed by atoms with Gasteiger partial charge < -0.3 is 15.0 Å². The van der Waals surface area contributed by atoms with Gasteiger partial charge in [0.2, 0.25) is 0 Å². The average molecular weight is 284 g/mol. The van der Waals surface area contributed by atoms with Gasteiger partial charge in [0, 0.05) is 19.2 Å². The molecule has 1 unspecified atom stereocenters. The Morgan fingerprint density at radius 3 is 2.80 bits per heavy atom. The van der Waals surface area contributed by atoms with E-state index in [1.807, 2.05) is 0 Å². The van der Waals surface area contributed by atoms with E-state index < -0.39 is 17.7 Å². The zero-order valence-corrected chi connectivity index (χ0v) is 10.9. The van der Waals surface area contributed by atoms with Gasteiger partial charge in [0.1, 0.15) is 11.6 Å². The SMILES string of the molecule is COC(=O)C1CCN(C(=O)Nc2ccc(F)cc2F)C1. The lowest BCUT2D eigenvalue weighted by atomic mass is 10.1. The van der Waals surface area contributed by atoms with Crippen molar-refractivity contribution in [1.82, 2.24) is 4.90 Å². The van der Waals surface area contributed by atoms with Crippen molar-refractivity contribution in [2.45, 2.75) is 6.42 Å². The summed E-state index contributed by atoms with van der Waals surface area (Å²) in [4.78, 5) is 24.7. The molecule has 1 aliphatic heterocycles. The number of nitrogens with one attached hydrogen (secondary N) is 1. The number of halogens is 2. The molecule has 0 saturated carbocycles. The maximum atomic E-state index is 13.4. The van der Waals surface area contributed by atoms with Crippen LogP contribution in [-0.2, 0) is 9.53 Å². The molecule has 0 aromatic heterocycles. The van der Waals surface area contributed by atoms with Gasteiger partial charge in [-0.25, -0.2) is 13.6 Å². The minimum Gasteiger partial charge on any atom is -0.469 e. The second-order valence-corrected chi connectivity index (χ2v) is 4.51. The van der Waals surface area contributed by atoms with Gasteiger partial charge in [-0.05, 0) is 18.6 Å². The molecule has 0 radical (unpaired) electrons. The van der Waals surface area contributed by atoms with E-state index in [4.69, 9.17) is 0 Å². The first-order valence-electron chi connectivity index (χ1n) is 6.10. The Bertz CT molecular complexity index is 536. The molecule has 5 nitrogen and oxygen atoms in total. The number of carbonyl (C=O) groups is 2. The van der Waals surface area contributed by atoms with Gasteiger partial charge in [0.25, 0.3) is 0 Å². The number of methoxy groups -OCH3 is 1. The molecule has 1 aromatic rings. The highest BCUT2D eigenvalue weighted by atomic mass is 19.1. The lowest BCUT2D eigenvalue weighted by molar-refractivity contribution is -0.144. The first-order valence-corrected chi connectivity index (χ1v) is 6.10. The topological polar surface area (TPSA) is 58.6 Å². The molecule has 20 heavy (non-hydrogen) atoms. The molecule has 1 N–H and O–H groups in total. The molecule has 7 heteroatoms. The van der Waals surface area contributed by atoms with Gasteiger partial charge >= 0.3 is 12.0 Å². The van der Waals surface area contributed by atoms with Crippen molar-refractivity contribution in [2.24, 2.45) is 5.92 Å². The minimum atomic E-state index is -0.845. The standard InChI is InChI=1S/C13H14F2N2O3/c1-20-12(18)8-4-5-17(7-8)13(19)16-11-3-2-9(14)6-10(11)15/h2-3,6,8H,4-5,7H2,1H3,(H,16,19). The van der Waals surface area contributed by atoms with Crippen molar-refractivity contribution in [3.8, 4) is 0 Å². The Balaban J connectivity index is 1.97. The predicted molar refractivity (Wildman–Crippen MR) is 67.1 cm³/mol. The lowest BCUT2D eigenvalue weighted by Crippen LogP contribution is -2.34. The molecule has 2 amide bonds. The summed E-state index contributed by atoms with van der Waals surface area (Å²) in [5.74, 6) is -2.29. The number of nitrogens with zero attached hydrogens (tertiary/aromatic N) is 1. The van der Waals surface area contributed by atoms with Crippen molar-refractivity contribution in [3.63, 3.8) is 0 Å². The van der Waals surface area contributed by atoms with E-state index in [9.17, 15) is 18.4 Å². The van der Waals surface area contributed by atoms with E-state index >= 15 is 0 Å². The van der Waals surface area contributed by atoms with E-state index in [2.05, 4.69) is 10.1 Å². The molecule has 1 atom stereocenters. The van der Waals surface area contributed by atoms with Gasteiger partial charge in [-0.15, -0.1) is 0 Å². The number of carbonyl (C=O) groups excluding carboxylic acids is 2. The average Bonchev–Trinajstić information content (AvgIpc) is 2.90. The molecule has 108 valence electrons.